The van der Waals surface area contributed by atoms with Crippen molar-refractivity contribution in [3.05, 3.63) is 81.3 Å². The van der Waals surface area contributed by atoms with Gasteiger partial charge in [-0.25, -0.2) is 9.18 Å². The molecule has 0 radical (unpaired) electrons. The summed E-state index contributed by atoms with van der Waals surface area (Å²) in [5.41, 5.74) is 1.76. The molecule has 1 amide bonds. The number of ether oxygens (including phenoxy) is 4. The van der Waals surface area contributed by atoms with E-state index in [1.165, 1.54) is 0 Å². The SMILES string of the molecule is O=C(O)OC1CCOc2cc(Oc3ccc(C(=O)NCCc4ccc(Cl)cc4OCCF)cc3)c(Cl)cc21. The zero-order chi connectivity index (χ0) is 27.1. The monoisotopic (exact) mass is 563 g/mol. The zero-order valence-corrected chi connectivity index (χ0v) is 21.6. The van der Waals surface area contributed by atoms with Crippen LogP contribution in [-0.2, 0) is 11.2 Å². The second kappa shape index (κ2) is 12.7. The third-order valence-corrected chi connectivity index (χ3v) is 6.21. The Bertz CT molecular complexity index is 1300. The Morgan fingerprint density at radius 1 is 1.08 bits per heavy atom. The summed E-state index contributed by atoms with van der Waals surface area (Å²) in [6.07, 6.45) is -1.19. The van der Waals surface area contributed by atoms with Crippen LogP contribution in [0.1, 0.15) is 34.0 Å². The molecule has 0 spiro atoms. The first kappa shape index (κ1) is 27.3. The summed E-state index contributed by atoms with van der Waals surface area (Å²) in [6, 6.07) is 14.7. The largest absolute Gasteiger partial charge is 0.506 e. The van der Waals surface area contributed by atoms with Crippen LogP contribution in [0.15, 0.2) is 54.6 Å². The second-order valence-electron chi connectivity index (χ2n) is 8.25. The molecule has 1 aliphatic heterocycles. The minimum Gasteiger partial charge on any atom is -0.493 e. The summed E-state index contributed by atoms with van der Waals surface area (Å²) in [6.45, 7) is -0.0592. The lowest BCUT2D eigenvalue weighted by atomic mass is 10.0. The van der Waals surface area contributed by atoms with E-state index in [1.807, 2.05) is 0 Å². The van der Waals surface area contributed by atoms with Gasteiger partial charge < -0.3 is 29.4 Å². The second-order valence-corrected chi connectivity index (χ2v) is 9.10. The summed E-state index contributed by atoms with van der Waals surface area (Å²) in [5.74, 6) is 1.39. The van der Waals surface area contributed by atoms with Gasteiger partial charge in [0.25, 0.3) is 5.91 Å². The van der Waals surface area contributed by atoms with Crippen LogP contribution in [0.3, 0.4) is 0 Å². The molecule has 3 aromatic carbocycles. The van der Waals surface area contributed by atoms with E-state index in [9.17, 15) is 14.0 Å². The van der Waals surface area contributed by atoms with Crippen LogP contribution in [0.25, 0.3) is 0 Å². The van der Waals surface area contributed by atoms with Gasteiger partial charge in [0, 0.05) is 35.2 Å². The molecule has 0 fully saturated rings. The van der Waals surface area contributed by atoms with Gasteiger partial charge in [-0.1, -0.05) is 29.3 Å². The van der Waals surface area contributed by atoms with Gasteiger partial charge in [-0.15, -0.1) is 0 Å². The van der Waals surface area contributed by atoms with E-state index in [0.717, 1.165) is 5.56 Å². The summed E-state index contributed by atoms with van der Waals surface area (Å²) >= 11 is 12.4. The number of benzene rings is 3. The third-order valence-electron chi connectivity index (χ3n) is 5.68. The third kappa shape index (κ3) is 6.99. The van der Waals surface area contributed by atoms with Gasteiger partial charge in [0.1, 0.15) is 42.4 Å². The van der Waals surface area contributed by atoms with Crippen molar-refractivity contribution in [1.82, 2.24) is 5.32 Å². The number of hydrogen-bond donors (Lipinski definition) is 2. The van der Waals surface area contributed by atoms with Gasteiger partial charge in [-0.3, -0.25) is 4.79 Å². The molecule has 1 atom stereocenters. The highest BCUT2D eigenvalue weighted by Gasteiger charge is 2.27. The van der Waals surface area contributed by atoms with Crippen LogP contribution < -0.4 is 19.5 Å². The highest BCUT2D eigenvalue weighted by atomic mass is 35.5. The fraction of sp³-hybridized carbons (Fsp3) is 0.259. The predicted molar refractivity (Wildman–Crippen MR) is 139 cm³/mol. The predicted octanol–water partition coefficient (Wildman–Crippen LogP) is 6.62. The Labute approximate surface area is 228 Å². The fourth-order valence-corrected chi connectivity index (χ4v) is 4.29. The molecule has 200 valence electrons. The van der Waals surface area contributed by atoms with Crippen LogP contribution in [-0.4, -0.2) is 43.6 Å². The Kier molecular flexibility index (Phi) is 9.15. The van der Waals surface area contributed by atoms with E-state index in [0.29, 0.717) is 65.1 Å². The van der Waals surface area contributed by atoms with E-state index < -0.39 is 18.9 Å². The van der Waals surface area contributed by atoms with Gasteiger partial charge in [-0.2, -0.15) is 0 Å². The first-order valence-corrected chi connectivity index (χ1v) is 12.5. The zero-order valence-electron chi connectivity index (χ0n) is 20.0. The van der Waals surface area contributed by atoms with Crippen molar-refractivity contribution in [3.63, 3.8) is 0 Å². The molecule has 8 nitrogen and oxygen atoms in total. The van der Waals surface area contributed by atoms with Crippen molar-refractivity contribution < 1.29 is 38.0 Å². The van der Waals surface area contributed by atoms with Crippen molar-refractivity contribution in [1.29, 1.82) is 0 Å². The topological polar surface area (TPSA) is 103 Å². The van der Waals surface area contributed by atoms with E-state index in [-0.39, 0.29) is 17.5 Å². The Hall–Kier alpha value is -3.69. The maximum atomic E-state index is 12.6. The molecule has 0 saturated heterocycles. The first-order valence-electron chi connectivity index (χ1n) is 11.7. The smallest absolute Gasteiger partial charge is 0.493 e. The minimum absolute atomic E-state index is 0.0720. The molecule has 1 aliphatic rings. The Morgan fingerprint density at radius 2 is 1.87 bits per heavy atom. The number of carbonyl (C=O) groups is 2. The summed E-state index contributed by atoms with van der Waals surface area (Å²) in [5, 5.41) is 12.5. The van der Waals surface area contributed by atoms with E-state index in [4.69, 9.17) is 47.3 Å². The molecule has 0 saturated carbocycles. The van der Waals surface area contributed by atoms with Gasteiger partial charge in [0.2, 0.25) is 0 Å². The van der Waals surface area contributed by atoms with Crippen molar-refractivity contribution in [2.45, 2.75) is 18.9 Å². The van der Waals surface area contributed by atoms with E-state index >= 15 is 0 Å². The van der Waals surface area contributed by atoms with Crippen molar-refractivity contribution in [2.75, 3.05) is 26.4 Å². The number of carbonyl (C=O) groups excluding carboxylic acids is 1. The molecule has 2 N–H and O–H groups in total. The number of amides is 1. The van der Waals surface area contributed by atoms with Crippen LogP contribution in [0.5, 0.6) is 23.0 Å². The molecule has 0 aliphatic carbocycles. The number of hydrogen-bond acceptors (Lipinski definition) is 6. The van der Waals surface area contributed by atoms with E-state index in [2.05, 4.69) is 5.32 Å². The summed E-state index contributed by atoms with van der Waals surface area (Å²) in [4.78, 5) is 23.6. The molecular weight excluding hydrogens is 540 g/mol. The standard InChI is InChI=1S/C27H24Cl2FNO7/c28-18-4-1-16(23(13-18)36-12-9-30)7-10-31-26(32)17-2-5-19(6-3-17)37-25-15-24-20(14-21(25)29)22(8-11-35-24)38-27(33)34/h1-6,13-15,22H,7-12H2,(H,31,32)(H,33,34). The fourth-order valence-electron chi connectivity index (χ4n) is 3.91. The van der Waals surface area contributed by atoms with Gasteiger partial charge in [0.15, 0.2) is 0 Å². The number of carboxylic acid groups (broad SMARTS) is 1. The van der Waals surface area contributed by atoms with Crippen LogP contribution in [0.2, 0.25) is 10.0 Å². The van der Waals surface area contributed by atoms with Crippen molar-refractivity contribution >= 4 is 35.3 Å². The lowest BCUT2D eigenvalue weighted by Gasteiger charge is -2.25. The molecule has 4 rings (SSSR count). The summed E-state index contributed by atoms with van der Waals surface area (Å²) in [7, 11) is 0. The Morgan fingerprint density at radius 3 is 2.61 bits per heavy atom. The number of fused-ring (bicyclic) bond motifs is 1. The lowest BCUT2D eigenvalue weighted by molar-refractivity contribution is 0.0326. The molecule has 0 aromatic heterocycles. The van der Waals surface area contributed by atoms with E-state index in [1.54, 1.807) is 54.6 Å². The molecule has 38 heavy (non-hydrogen) atoms. The number of alkyl halides is 1. The molecule has 3 aromatic rings. The first-order chi connectivity index (χ1) is 18.3. The van der Waals surface area contributed by atoms with Crippen LogP contribution in [0, 0.1) is 0 Å². The minimum atomic E-state index is -1.37. The molecule has 11 heteroatoms. The molecule has 0 bridgehead atoms. The quantitative estimate of drug-likeness (QED) is 0.267. The molecule has 1 unspecified atom stereocenters. The van der Waals surface area contributed by atoms with Gasteiger partial charge in [-0.05, 0) is 54.4 Å². The molecule has 1 heterocycles. The number of nitrogens with one attached hydrogen (secondary N) is 1. The van der Waals surface area contributed by atoms with Gasteiger partial charge in [0.05, 0.1) is 11.6 Å². The number of halogens is 3. The van der Waals surface area contributed by atoms with Crippen LogP contribution >= 0.6 is 23.2 Å². The summed E-state index contributed by atoms with van der Waals surface area (Å²) < 4.78 is 34.3. The maximum Gasteiger partial charge on any atom is 0.506 e. The number of rotatable bonds is 10. The van der Waals surface area contributed by atoms with Crippen LogP contribution in [0.4, 0.5) is 9.18 Å². The Balaban J connectivity index is 1.35. The van der Waals surface area contributed by atoms with Crippen molar-refractivity contribution in [3.8, 4) is 23.0 Å². The normalized spacial score (nSPS) is 14.1. The highest BCUT2D eigenvalue weighted by molar-refractivity contribution is 6.32. The van der Waals surface area contributed by atoms with Crippen molar-refractivity contribution in [2.24, 2.45) is 0 Å². The average molecular weight is 564 g/mol. The highest BCUT2D eigenvalue weighted by Crippen LogP contribution is 2.42. The molecular formula is C27H24Cl2FNO7. The average Bonchev–Trinajstić information content (AvgIpc) is 2.89. The maximum absolute atomic E-state index is 12.6. The van der Waals surface area contributed by atoms with Gasteiger partial charge >= 0.3 is 6.16 Å². The lowest BCUT2D eigenvalue weighted by Crippen LogP contribution is -2.25.